The van der Waals surface area contributed by atoms with Gasteiger partial charge in [0.2, 0.25) is 0 Å². The zero-order valence-corrected chi connectivity index (χ0v) is 12.3. The first-order valence-corrected chi connectivity index (χ1v) is 6.58. The van der Waals surface area contributed by atoms with Gasteiger partial charge in [0.1, 0.15) is 20.8 Å². The van der Waals surface area contributed by atoms with Gasteiger partial charge in [-0.25, -0.2) is 9.97 Å². The standard InChI is InChI=1S/C12H10Br2N2O/c1-17-9-4-2-3-8(5-9)6-12-15-10(13)7-11(14)16-12/h2-5,7H,6H2,1H3. The Morgan fingerprint density at radius 1 is 1.12 bits per heavy atom. The summed E-state index contributed by atoms with van der Waals surface area (Å²) in [4.78, 5) is 8.64. The molecule has 2 rings (SSSR count). The number of aromatic nitrogens is 2. The summed E-state index contributed by atoms with van der Waals surface area (Å²) in [7, 11) is 1.66. The molecule has 0 radical (unpaired) electrons. The molecule has 0 amide bonds. The number of halogens is 2. The summed E-state index contributed by atoms with van der Waals surface area (Å²) >= 11 is 6.70. The van der Waals surface area contributed by atoms with E-state index in [9.17, 15) is 0 Å². The molecule has 1 aromatic heterocycles. The Kier molecular flexibility index (Phi) is 4.12. The van der Waals surface area contributed by atoms with E-state index in [4.69, 9.17) is 4.74 Å². The van der Waals surface area contributed by atoms with Crippen LogP contribution in [0.25, 0.3) is 0 Å². The molecular weight excluding hydrogens is 348 g/mol. The van der Waals surface area contributed by atoms with Crippen molar-refractivity contribution in [2.45, 2.75) is 6.42 Å². The molecule has 17 heavy (non-hydrogen) atoms. The molecule has 0 fully saturated rings. The molecule has 88 valence electrons. The molecule has 0 unspecified atom stereocenters. The van der Waals surface area contributed by atoms with E-state index in [1.807, 2.05) is 30.3 Å². The number of methoxy groups -OCH3 is 1. The van der Waals surface area contributed by atoms with Gasteiger partial charge in [-0.2, -0.15) is 0 Å². The number of hydrogen-bond acceptors (Lipinski definition) is 3. The maximum atomic E-state index is 5.18. The smallest absolute Gasteiger partial charge is 0.135 e. The Balaban J connectivity index is 2.24. The van der Waals surface area contributed by atoms with Gasteiger partial charge in [-0.05, 0) is 49.6 Å². The minimum absolute atomic E-state index is 0.676. The molecular formula is C12H10Br2N2O. The van der Waals surface area contributed by atoms with Crippen LogP contribution in [0.1, 0.15) is 11.4 Å². The topological polar surface area (TPSA) is 35.0 Å². The molecule has 0 aliphatic carbocycles. The van der Waals surface area contributed by atoms with E-state index in [0.717, 1.165) is 26.3 Å². The second kappa shape index (κ2) is 5.60. The van der Waals surface area contributed by atoms with Crippen molar-refractivity contribution in [2.75, 3.05) is 7.11 Å². The fraction of sp³-hybridized carbons (Fsp3) is 0.167. The third kappa shape index (κ3) is 3.51. The molecule has 0 spiro atoms. The predicted molar refractivity (Wildman–Crippen MR) is 73.2 cm³/mol. The molecule has 0 saturated carbocycles. The van der Waals surface area contributed by atoms with Crippen LogP contribution in [0.2, 0.25) is 0 Å². The number of hydrogen-bond donors (Lipinski definition) is 0. The first-order chi connectivity index (χ1) is 8.17. The van der Waals surface area contributed by atoms with E-state index in [2.05, 4.69) is 41.8 Å². The Morgan fingerprint density at radius 2 is 1.82 bits per heavy atom. The monoisotopic (exact) mass is 356 g/mol. The van der Waals surface area contributed by atoms with E-state index in [-0.39, 0.29) is 0 Å². The average Bonchev–Trinajstić information content (AvgIpc) is 2.28. The summed E-state index contributed by atoms with van der Waals surface area (Å²) < 4.78 is 6.73. The van der Waals surface area contributed by atoms with Crippen molar-refractivity contribution >= 4 is 31.9 Å². The van der Waals surface area contributed by atoms with Crippen LogP contribution in [0.3, 0.4) is 0 Å². The van der Waals surface area contributed by atoms with Crippen molar-refractivity contribution < 1.29 is 4.74 Å². The second-order valence-corrected chi connectivity index (χ2v) is 5.08. The molecule has 0 N–H and O–H groups in total. The highest BCUT2D eigenvalue weighted by Crippen LogP contribution is 2.17. The van der Waals surface area contributed by atoms with Crippen molar-refractivity contribution in [3.63, 3.8) is 0 Å². The third-order valence-corrected chi connectivity index (χ3v) is 3.02. The molecule has 0 aliphatic heterocycles. The normalized spacial score (nSPS) is 10.3. The zero-order valence-electron chi connectivity index (χ0n) is 9.15. The number of benzene rings is 1. The largest absolute Gasteiger partial charge is 0.497 e. The van der Waals surface area contributed by atoms with Crippen LogP contribution in [0.15, 0.2) is 39.5 Å². The number of rotatable bonds is 3. The lowest BCUT2D eigenvalue weighted by Gasteiger charge is -2.04. The summed E-state index contributed by atoms with van der Waals surface area (Å²) in [5.41, 5.74) is 1.12. The van der Waals surface area contributed by atoms with Crippen LogP contribution in [0.4, 0.5) is 0 Å². The van der Waals surface area contributed by atoms with Gasteiger partial charge in [0.15, 0.2) is 0 Å². The average molecular weight is 358 g/mol. The highest BCUT2D eigenvalue weighted by atomic mass is 79.9. The van der Waals surface area contributed by atoms with Gasteiger partial charge in [-0.1, -0.05) is 12.1 Å². The van der Waals surface area contributed by atoms with Crippen LogP contribution in [-0.2, 0) is 6.42 Å². The first-order valence-electron chi connectivity index (χ1n) is 4.99. The maximum absolute atomic E-state index is 5.18. The van der Waals surface area contributed by atoms with Gasteiger partial charge >= 0.3 is 0 Å². The van der Waals surface area contributed by atoms with E-state index in [1.165, 1.54) is 0 Å². The van der Waals surface area contributed by atoms with Crippen LogP contribution < -0.4 is 4.74 Å². The lowest BCUT2D eigenvalue weighted by Crippen LogP contribution is -1.97. The van der Waals surface area contributed by atoms with Gasteiger partial charge in [0, 0.05) is 12.5 Å². The summed E-state index contributed by atoms with van der Waals surface area (Å²) in [6.07, 6.45) is 0.676. The Morgan fingerprint density at radius 3 is 2.47 bits per heavy atom. The van der Waals surface area contributed by atoms with E-state index in [1.54, 1.807) is 7.11 Å². The molecule has 0 aliphatic rings. The van der Waals surface area contributed by atoms with Crippen molar-refractivity contribution in [1.82, 2.24) is 9.97 Å². The van der Waals surface area contributed by atoms with E-state index < -0.39 is 0 Å². The molecule has 0 atom stereocenters. The highest BCUT2D eigenvalue weighted by Gasteiger charge is 2.03. The fourth-order valence-electron chi connectivity index (χ4n) is 1.48. The van der Waals surface area contributed by atoms with E-state index in [0.29, 0.717) is 6.42 Å². The Hall–Kier alpha value is -0.940. The summed E-state index contributed by atoms with van der Waals surface area (Å²) in [5.74, 6) is 1.61. The molecule has 5 heteroatoms. The van der Waals surface area contributed by atoms with Crippen LogP contribution in [-0.4, -0.2) is 17.1 Å². The van der Waals surface area contributed by atoms with Crippen LogP contribution >= 0.6 is 31.9 Å². The number of ether oxygens (including phenoxy) is 1. The molecule has 2 aromatic rings. The van der Waals surface area contributed by atoms with Crippen molar-refractivity contribution in [1.29, 1.82) is 0 Å². The van der Waals surface area contributed by atoms with Crippen molar-refractivity contribution in [3.8, 4) is 5.75 Å². The fourth-order valence-corrected chi connectivity index (χ4v) is 2.63. The molecule has 1 aromatic carbocycles. The minimum Gasteiger partial charge on any atom is -0.497 e. The molecule has 0 bridgehead atoms. The molecule has 1 heterocycles. The zero-order chi connectivity index (χ0) is 12.3. The van der Waals surface area contributed by atoms with Gasteiger partial charge in [-0.15, -0.1) is 0 Å². The lowest BCUT2D eigenvalue weighted by atomic mass is 10.1. The van der Waals surface area contributed by atoms with Gasteiger partial charge in [0.05, 0.1) is 7.11 Å². The summed E-state index contributed by atoms with van der Waals surface area (Å²) in [6.45, 7) is 0. The maximum Gasteiger partial charge on any atom is 0.135 e. The SMILES string of the molecule is COc1cccc(Cc2nc(Br)cc(Br)n2)c1. The first kappa shape index (κ1) is 12.5. The molecule has 0 saturated heterocycles. The number of nitrogens with zero attached hydrogens (tertiary/aromatic N) is 2. The second-order valence-electron chi connectivity index (χ2n) is 3.46. The molecule has 3 nitrogen and oxygen atoms in total. The quantitative estimate of drug-likeness (QED) is 0.787. The van der Waals surface area contributed by atoms with E-state index >= 15 is 0 Å². The summed E-state index contributed by atoms with van der Waals surface area (Å²) in [6, 6.07) is 9.70. The third-order valence-electron chi connectivity index (χ3n) is 2.21. The lowest BCUT2D eigenvalue weighted by molar-refractivity contribution is 0.414. The van der Waals surface area contributed by atoms with Gasteiger partial charge in [0.25, 0.3) is 0 Å². The minimum atomic E-state index is 0.676. The van der Waals surface area contributed by atoms with Crippen molar-refractivity contribution in [3.05, 3.63) is 50.9 Å². The Bertz CT molecular complexity index is 511. The Labute approximate surface area is 117 Å². The van der Waals surface area contributed by atoms with Gasteiger partial charge in [-0.3, -0.25) is 0 Å². The summed E-state index contributed by atoms with van der Waals surface area (Å²) in [5, 5.41) is 0. The van der Waals surface area contributed by atoms with Crippen molar-refractivity contribution in [2.24, 2.45) is 0 Å². The highest BCUT2D eigenvalue weighted by molar-refractivity contribution is 9.11. The predicted octanol–water partition coefficient (Wildman–Crippen LogP) is 3.60. The van der Waals surface area contributed by atoms with Crippen LogP contribution in [0, 0.1) is 0 Å². The van der Waals surface area contributed by atoms with Crippen LogP contribution in [0.5, 0.6) is 5.75 Å². The van der Waals surface area contributed by atoms with Gasteiger partial charge < -0.3 is 4.74 Å².